The van der Waals surface area contributed by atoms with Gasteiger partial charge in [-0.1, -0.05) is 19.1 Å². The highest BCUT2D eigenvalue weighted by atomic mass is 79.9. The molecule has 9 heteroatoms. The van der Waals surface area contributed by atoms with E-state index in [-0.39, 0.29) is 15.5 Å². The molecule has 1 aromatic rings. The summed E-state index contributed by atoms with van der Waals surface area (Å²) in [4.78, 5) is 0. The number of nitrogens with one attached hydrogen (secondary N) is 1. The third-order valence-corrected chi connectivity index (χ3v) is 5.93. The van der Waals surface area contributed by atoms with E-state index in [1.807, 2.05) is 13.8 Å². The zero-order valence-corrected chi connectivity index (χ0v) is 13.6. The van der Waals surface area contributed by atoms with Crippen molar-refractivity contribution in [2.75, 3.05) is 5.88 Å². The SMILES string of the molecule is CCC(CC)(CCl)NS(=O)(=O)c1c(Br)nnn1C. The van der Waals surface area contributed by atoms with E-state index in [1.165, 1.54) is 11.7 Å². The van der Waals surface area contributed by atoms with Crippen LogP contribution in [0.15, 0.2) is 9.63 Å². The van der Waals surface area contributed by atoms with Gasteiger partial charge in [0.05, 0.1) is 0 Å². The molecule has 18 heavy (non-hydrogen) atoms. The summed E-state index contributed by atoms with van der Waals surface area (Å²) in [6.45, 7) is 3.79. The van der Waals surface area contributed by atoms with Crippen LogP contribution in [0.3, 0.4) is 0 Å². The molecule has 0 unspecified atom stereocenters. The van der Waals surface area contributed by atoms with Gasteiger partial charge in [-0.25, -0.2) is 17.8 Å². The first kappa shape index (κ1) is 15.9. The third kappa shape index (κ3) is 3.04. The summed E-state index contributed by atoms with van der Waals surface area (Å²) < 4.78 is 28.7. The minimum atomic E-state index is -3.72. The van der Waals surface area contributed by atoms with E-state index in [2.05, 4.69) is 31.0 Å². The summed E-state index contributed by atoms with van der Waals surface area (Å²) in [6.07, 6.45) is 1.21. The number of aryl methyl sites for hydroxylation is 1. The van der Waals surface area contributed by atoms with Gasteiger partial charge in [0.1, 0.15) is 0 Å². The first-order valence-corrected chi connectivity index (χ1v) is 8.28. The second-order valence-electron chi connectivity index (χ2n) is 4.04. The molecule has 0 spiro atoms. The third-order valence-electron chi connectivity index (χ3n) is 2.95. The standard InChI is InChI=1S/C9H16BrClN4O2S/c1-4-9(5-2,6-11)13-18(16,17)8-7(10)12-14-15(8)3/h13H,4-6H2,1-3H3. The van der Waals surface area contributed by atoms with Crippen molar-refractivity contribution in [3.8, 4) is 0 Å². The van der Waals surface area contributed by atoms with Crippen LogP contribution in [0.25, 0.3) is 0 Å². The van der Waals surface area contributed by atoms with Crippen molar-refractivity contribution in [3.63, 3.8) is 0 Å². The van der Waals surface area contributed by atoms with Crippen molar-refractivity contribution < 1.29 is 8.42 Å². The molecule has 0 fully saturated rings. The van der Waals surface area contributed by atoms with Crippen molar-refractivity contribution in [1.82, 2.24) is 19.7 Å². The van der Waals surface area contributed by atoms with E-state index < -0.39 is 15.6 Å². The van der Waals surface area contributed by atoms with Gasteiger partial charge < -0.3 is 0 Å². The van der Waals surface area contributed by atoms with Gasteiger partial charge in [0.25, 0.3) is 10.0 Å². The molecule has 0 bridgehead atoms. The van der Waals surface area contributed by atoms with Crippen molar-refractivity contribution in [1.29, 1.82) is 0 Å². The quantitative estimate of drug-likeness (QED) is 0.784. The molecule has 1 N–H and O–H groups in total. The van der Waals surface area contributed by atoms with Gasteiger partial charge in [0.15, 0.2) is 4.60 Å². The number of sulfonamides is 1. The van der Waals surface area contributed by atoms with Crippen LogP contribution in [0.4, 0.5) is 0 Å². The number of aromatic nitrogens is 3. The lowest BCUT2D eigenvalue weighted by Crippen LogP contribution is -2.49. The van der Waals surface area contributed by atoms with Crippen LogP contribution in [0, 0.1) is 0 Å². The van der Waals surface area contributed by atoms with Gasteiger partial charge in [0.2, 0.25) is 5.03 Å². The molecule has 104 valence electrons. The fraction of sp³-hybridized carbons (Fsp3) is 0.778. The van der Waals surface area contributed by atoms with Crippen LogP contribution in [0.1, 0.15) is 26.7 Å². The Hall–Kier alpha value is -0.180. The van der Waals surface area contributed by atoms with E-state index in [0.29, 0.717) is 12.8 Å². The number of hydrogen-bond acceptors (Lipinski definition) is 4. The Balaban J connectivity index is 3.17. The minimum absolute atomic E-state index is 0.00103. The Bertz CT molecular complexity index is 485. The summed E-state index contributed by atoms with van der Waals surface area (Å²) in [6, 6.07) is 0. The molecule has 0 amide bonds. The van der Waals surface area contributed by atoms with Gasteiger partial charge in [0, 0.05) is 18.5 Å². The van der Waals surface area contributed by atoms with Crippen molar-refractivity contribution in [3.05, 3.63) is 4.60 Å². The van der Waals surface area contributed by atoms with E-state index in [9.17, 15) is 8.42 Å². The Kier molecular flexibility index (Phi) is 5.16. The first-order chi connectivity index (χ1) is 8.32. The molecular formula is C9H16BrClN4O2S. The van der Waals surface area contributed by atoms with E-state index >= 15 is 0 Å². The lowest BCUT2D eigenvalue weighted by molar-refractivity contribution is 0.392. The maximum Gasteiger partial charge on any atom is 0.261 e. The molecule has 6 nitrogen and oxygen atoms in total. The molecule has 0 radical (unpaired) electrons. The Morgan fingerprint density at radius 1 is 1.44 bits per heavy atom. The van der Waals surface area contributed by atoms with Crippen LogP contribution in [0.5, 0.6) is 0 Å². The molecule has 0 aliphatic rings. The summed E-state index contributed by atoms with van der Waals surface area (Å²) in [5.41, 5.74) is -0.649. The average Bonchev–Trinajstić information content (AvgIpc) is 2.67. The smallest absolute Gasteiger partial charge is 0.235 e. The predicted molar refractivity (Wildman–Crippen MR) is 73.1 cm³/mol. The summed E-state index contributed by atoms with van der Waals surface area (Å²) >= 11 is 8.97. The summed E-state index contributed by atoms with van der Waals surface area (Å²) in [5.74, 6) is 0.210. The van der Waals surface area contributed by atoms with Gasteiger partial charge in [-0.05, 0) is 28.8 Å². The molecule has 1 aromatic heterocycles. The molecule has 0 saturated heterocycles. The topological polar surface area (TPSA) is 76.9 Å². The second-order valence-corrected chi connectivity index (χ2v) is 6.65. The molecular weight excluding hydrogens is 344 g/mol. The Morgan fingerprint density at radius 3 is 2.33 bits per heavy atom. The van der Waals surface area contributed by atoms with Crippen LogP contribution in [-0.2, 0) is 17.1 Å². The van der Waals surface area contributed by atoms with Crippen LogP contribution >= 0.6 is 27.5 Å². The van der Waals surface area contributed by atoms with Gasteiger partial charge in [-0.2, -0.15) is 0 Å². The zero-order valence-electron chi connectivity index (χ0n) is 10.4. The largest absolute Gasteiger partial charge is 0.261 e. The first-order valence-electron chi connectivity index (χ1n) is 5.47. The van der Waals surface area contributed by atoms with Crippen LogP contribution < -0.4 is 4.72 Å². The van der Waals surface area contributed by atoms with Crippen molar-refractivity contribution >= 4 is 37.6 Å². The van der Waals surface area contributed by atoms with Gasteiger partial charge in [-0.15, -0.1) is 16.7 Å². The van der Waals surface area contributed by atoms with Gasteiger partial charge in [-0.3, -0.25) is 0 Å². The Morgan fingerprint density at radius 2 is 2.00 bits per heavy atom. The highest BCUT2D eigenvalue weighted by Crippen LogP contribution is 2.23. The van der Waals surface area contributed by atoms with Crippen molar-refractivity contribution in [2.24, 2.45) is 7.05 Å². The molecule has 0 aliphatic heterocycles. The van der Waals surface area contributed by atoms with E-state index in [0.717, 1.165) is 0 Å². The average molecular weight is 360 g/mol. The van der Waals surface area contributed by atoms with Crippen molar-refractivity contribution in [2.45, 2.75) is 37.3 Å². The fourth-order valence-electron chi connectivity index (χ4n) is 1.55. The highest BCUT2D eigenvalue weighted by molar-refractivity contribution is 9.10. The van der Waals surface area contributed by atoms with E-state index in [4.69, 9.17) is 11.6 Å². The predicted octanol–water partition coefficient (Wildman–Crippen LogP) is 1.65. The summed E-state index contributed by atoms with van der Waals surface area (Å²) in [5, 5.41) is 7.32. The Labute approximate surface area is 120 Å². The number of nitrogens with zero attached hydrogens (tertiary/aromatic N) is 3. The molecule has 0 atom stereocenters. The number of alkyl halides is 1. The maximum absolute atomic E-state index is 12.3. The second kappa shape index (κ2) is 5.85. The van der Waals surface area contributed by atoms with E-state index in [1.54, 1.807) is 0 Å². The van der Waals surface area contributed by atoms with Crippen LogP contribution in [-0.4, -0.2) is 34.8 Å². The van der Waals surface area contributed by atoms with Gasteiger partial charge >= 0.3 is 0 Å². The number of halogens is 2. The molecule has 0 aliphatic carbocycles. The molecule has 1 rings (SSSR count). The lowest BCUT2D eigenvalue weighted by atomic mass is 9.97. The molecule has 0 aromatic carbocycles. The molecule has 1 heterocycles. The lowest BCUT2D eigenvalue weighted by Gasteiger charge is -2.29. The summed E-state index contributed by atoms with van der Waals surface area (Å²) in [7, 11) is -2.20. The number of rotatable bonds is 6. The zero-order chi connectivity index (χ0) is 14.0. The minimum Gasteiger partial charge on any atom is -0.235 e. The monoisotopic (exact) mass is 358 g/mol. The highest BCUT2D eigenvalue weighted by Gasteiger charge is 2.34. The fourth-order valence-corrected chi connectivity index (χ4v) is 4.72. The normalized spacial score (nSPS) is 12.9. The maximum atomic E-state index is 12.3. The molecule has 0 saturated carbocycles. The van der Waals surface area contributed by atoms with Crippen LogP contribution in [0.2, 0.25) is 0 Å². The number of hydrogen-bond donors (Lipinski definition) is 1.